The second-order valence-corrected chi connectivity index (χ2v) is 12.7. The third kappa shape index (κ3) is 1.77. The van der Waals surface area contributed by atoms with Crippen molar-refractivity contribution in [2.45, 2.75) is 105 Å². The molecule has 6 bridgehead atoms. The number of nitrogens with one attached hydrogen (secondary N) is 1. The molecule has 6 fully saturated rings. The van der Waals surface area contributed by atoms with E-state index in [0.717, 1.165) is 0 Å². The summed E-state index contributed by atoms with van der Waals surface area (Å²) >= 11 is 0. The van der Waals surface area contributed by atoms with Crippen LogP contribution in [0.4, 0.5) is 0 Å². The van der Waals surface area contributed by atoms with E-state index in [0.29, 0.717) is 0 Å². The first kappa shape index (κ1) is 24.7. The van der Waals surface area contributed by atoms with Crippen LogP contribution in [0.25, 0.3) is 0 Å². The van der Waals surface area contributed by atoms with E-state index in [1.165, 1.54) is 33.0 Å². The molecule has 2 saturated heterocycles. The van der Waals surface area contributed by atoms with Crippen molar-refractivity contribution in [2.24, 2.45) is 16.7 Å². The number of ether oxygens (including phenoxy) is 2. The van der Waals surface area contributed by atoms with Gasteiger partial charge in [0.15, 0.2) is 17.5 Å². The van der Waals surface area contributed by atoms with Crippen molar-refractivity contribution in [1.29, 1.82) is 0 Å². The Bertz CT molecular complexity index is 1170. The van der Waals surface area contributed by atoms with Crippen LogP contribution in [0.1, 0.15) is 64.4 Å². The van der Waals surface area contributed by atoms with Crippen LogP contribution < -0.4 is 0 Å². The molecule has 3 heterocycles. The van der Waals surface area contributed by atoms with Gasteiger partial charge in [-0.05, 0) is 44.7 Å². The number of esters is 1. The highest BCUT2D eigenvalue weighted by Gasteiger charge is 3.10. The standard InChI is InChI=1S/C25H35NO10/c1-12(2)22(32)16(35-14(27)13-7-6-10-26-13)23(33)18(4)11-21(31)19(22,5)25(23,34)24(36-21)15(28)17(3,29)8-9-20(18,24)30/h6-7,10,12,15-16,26,28-34H,8-9,11H2,1-5H3/t15-,16+,17-,18-,19-,20-,21+,22+,23+,24+,25+/m0/s1. The van der Waals surface area contributed by atoms with Crippen molar-refractivity contribution in [1.82, 2.24) is 4.98 Å². The lowest BCUT2D eigenvalue weighted by Gasteiger charge is -2.61. The van der Waals surface area contributed by atoms with Gasteiger partial charge in [0, 0.05) is 18.0 Å². The normalized spacial score (nSPS) is 60.6. The molecule has 0 aromatic carbocycles. The summed E-state index contributed by atoms with van der Waals surface area (Å²) in [6.07, 6.45) is -3.09. The molecule has 0 amide bonds. The fraction of sp³-hybridized carbons (Fsp3) is 0.800. The molecular weight excluding hydrogens is 474 g/mol. The van der Waals surface area contributed by atoms with E-state index >= 15 is 0 Å². The highest BCUT2D eigenvalue weighted by molar-refractivity contribution is 5.87. The zero-order chi connectivity index (χ0) is 26.8. The summed E-state index contributed by atoms with van der Waals surface area (Å²) in [6, 6.07) is 3.00. The van der Waals surface area contributed by atoms with Crippen molar-refractivity contribution in [2.75, 3.05) is 0 Å². The molecular formula is C25H35NO10. The summed E-state index contributed by atoms with van der Waals surface area (Å²) in [6.45, 7) is 7.23. The van der Waals surface area contributed by atoms with Gasteiger partial charge >= 0.3 is 5.97 Å². The van der Waals surface area contributed by atoms with Crippen LogP contribution in [0.5, 0.6) is 0 Å². The monoisotopic (exact) mass is 509 g/mol. The van der Waals surface area contributed by atoms with Crippen molar-refractivity contribution in [3.8, 4) is 0 Å². The minimum atomic E-state index is -2.77. The molecule has 11 atom stereocenters. The van der Waals surface area contributed by atoms with Gasteiger partial charge in [-0.15, -0.1) is 0 Å². The zero-order valence-corrected chi connectivity index (χ0v) is 20.9. The van der Waals surface area contributed by atoms with E-state index in [2.05, 4.69) is 4.98 Å². The molecule has 0 unspecified atom stereocenters. The Kier molecular flexibility index (Phi) is 4.14. The number of carbonyl (C=O) groups is 1. The predicted octanol–water partition coefficient (Wildman–Crippen LogP) is -1.07. The third-order valence-electron chi connectivity index (χ3n) is 11.4. The zero-order valence-electron chi connectivity index (χ0n) is 20.9. The van der Waals surface area contributed by atoms with Crippen molar-refractivity contribution in [3.05, 3.63) is 24.0 Å². The number of hydrogen-bond acceptors (Lipinski definition) is 10. The van der Waals surface area contributed by atoms with Crippen molar-refractivity contribution < 1.29 is 50.0 Å². The quantitative estimate of drug-likeness (QED) is 0.233. The number of aromatic amines is 1. The minimum Gasteiger partial charge on any atom is -0.451 e. The molecule has 6 aliphatic rings. The molecule has 0 radical (unpaired) electrons. The van der Waals surface area contributed by atoms with Crippen LogP contribution >= 0.6 is 0 Å². The number of rotatable bonds is 3. The van der Waals surface area contributed by atoms with E-state index < -0.39 is 80.7 Å². The molecule has 200 valence electrons. The predicted molar refractivity (Wildman–Crippen MR) is 120 cm³/mol. The number of aromatic nitrogens is 1. The maximum Gasteiger partial charge on any atom is 0.355 e. The molecule has 4 saturated carbocycles. The fourth-order valence-corrected chi connectivity index (χ4v) is 9.54. The second kappa shape index (κ2) is 6.02. The summed E-state index contributed by atoms with van der Waals surface area (Å²) in [4.78, 5) is 15.9. The van der Waals surface area contributed by atoms with E-state index in [-0.39, 0.29) is 18.5 Å². The lowest BCUT2D eigenvalue weighted by molar-refractivity contribution is -0.398. The number of carbonyl (C=O) groups excluding carboxylic acids is 1. The highest BCUT2D eigenvalue weighted by atomic mass is 16.7. The smallest absolute Gasteiger partial charge is 0.355 e. The molecule has 11 nitrogen and oxygen atoms in total. The van der Waals surface area contributed by atoms with E-state index in [9.17, 15) is 40.5 Å². The largest absolute Gasteiger partial charge is 0.451 e. The molecule has 2 aliphatic heterocycles. The second-order valence-electron chi connectivity index (χ2n) is 12.7. The van der Waals surface area contributed by atoms with Crippen LogP contribution in [0.3, 0.4) is 0 Å². The van der Waals surface area contributed by atoms with Gasteiger partial charge in [0.05, 0.1) is 11.0 Å². The Morgan fingerprint density at radius 3 is 2.31 bits per heavy atom. The van der Waals surface area contributed by atoms with E-state index in [1.807, 2.05) is 0 Å². The summed E-state index contributed by atoms with van der Waals surface area (Å²) in [5.41, 5.74) is -18.3. The number of aliphatic hydroxyl groups is 7. The Morgan fingerprint density at radius 1 is 1.11 bits per heavy atom. The van der Waals surface area contributed by atoms with Gasteiger partial charge in [0.2, 0.25) is 0 Å². The Morgan fingerprint density at radius 2 is 1.75 bits per heavy atom. The molecule has 7 rings (SSSR count). The van der Waals surface area contributed by atoms with Crippen LogP contribution in [-0.4, -0.2) is 98.3 Å². The van der Waals surface area contributed by atoms with Crippen LogP contribution in [0, 0.1) is 16.7 Å². The van der Waals surface area contributed by atoms with E-state index in [1.54, 1.807) is 19.9 Å². The van der Waals surface area contributed by atoms with Crippen molar-refractivity contribution in [3.63, 3.8) is 0 Å². The number of H-pyrrole nitrogens is 1. The molecule has 36 heavy (non-hydrogen) atoms. The first-order valence-corrected chi connectivity index (χ1v) is 12.4. The topological polar surface area (TPSA) is 193 Å². The summed E-state index contributed by atoms with van der Waals surface area (Å²) in [5, 5.41) is 85.0. The molecule has 4 aliphatic carbocycles. The van der Waals surface area contributed by atoms with Crippen LogP contribution in [0.2, 0.25) is 0 Å². The average molecular weight is 510 g/mol. The van der Waals surface area contributed by atoms with Crippen molar-refractivity contribution >= 4 is 5.97 Å². The van der Waals surface area contributed by atoms with Gasteiger partial charge in [-0.2, -0.15) is 0 Å². The maximum atomic E-state index is 13.2. The Labute approximate surface area is 207 Å². The van der Waals surface area contributed by atoms with Gasteiger partial charge in [-0.1, -0.05) is 20.8 Å². The van der Waals surface area contributed by atoms with Crippen LogP contribution in [-0.2, 0) is 9.47 Å². The fourth-order valence-electron chi connectivity index (χ4n) is 9.54. The van der Waals surface area contributed by atoms with Gasteiger partial charge in [0.1, 0.15) is 34.2 Å². The average Bonchev–Trinajstić information content (AvgIpc) is 3.41. The first-order valence-electron chi connectivity index (χ1n) is 12.4. The highest BCUT2D eigenvalue weighted by Crippen LogP contribution is 2.90. The maximum absolute atomic E-state index is 13.2. The van der Waals surface area contributed by atoms with E-state index in [4.69, 9.17) is 9.47 Å². The molecule has 8 N–H and O–H groups in total. The third-order valence-corrected chi connectivity index (χ3v) is 11.4. The van der Waals surface area contributed by atoms with Crippen LogP contribution in [0.15, 0.2) is 18.3 Å². The summed E-state index contributed by atoms with van der Waals surface area (Å²) < 4.78 is 11.9. The Balaban J connectivity index is 1.70. The number of hydrogen-bond donors (Lipinski definition) is 8. The molecule has 11 heteroatoms. The lowest BCUT2D eigenvalue weighted by Crippen LogP contribution is -2.78. The summed E-state index contributed by atoms with van der Waals surface area (Å²) in [7, 11) is 0. The lowest BCUT2D eigenvalue weighted by atomic mass is 9.52. The summed E-state index contributed by atoms with van der Waals surface area (Å²) in [5.74, 6) is -4.14. The molecule has 1 aromatic heterocycles. The van der Waals surface area contributed by atoms with Gasteiger partial charge in [-0.3, -0.25) is 0 Å². The Hall–Kier alpha value is -1.57. The van der Waals surface area contributed by atoms with Gasteiger partial charge in [-0.25, -0.2) is 4.79 Å². The molecule has 1 aromatic rings. The first-order chi connectivity index (χ1) is 16.3. The van der Waals surface area contributed by atoms with Gasteiger partial charge in [0.25, 0.3) is 0 Å². The molecule has 1 spiro atoms. The minimum absolute atomic E-state index is 0.0261. The van der Waals surface area contributed by atoms with Gasteiger partial charge < -0.3 is 50.2 Å². The SMILES string of the molecule is CC(C)[C@@]1(O)[C@@H](OC(=O)c2ccc[nH]2)[C@@]2(O)[C@@]3(C)C[C@@]4(O)O[C@@]5([C@@H](O)[C@@](C)(O)CC[C@]35O)[C@@]2(O)[C@@]41C. The number of aliphatic hydroxyl groups excluding tert-OH is 1.